The first-order valence-corrected chi connectivity index (χ1v) is 6.11. The van der Waals surface area contributed by atoms with Crippen molar-refractivity contribution >= 4 is 0 Å². The molecular weight excluding hydrogens is 208 g/mol. The molecule has 1 saturated carbocycles. The van der Waals surface area contributed by atoms with E-state index in [-0.39, 0.29) is 0 Å². The van der Waals surface area contributed by atoms with Gasteiger partial charge in [0.1, 0.15) is 0 Å². The van der Waals surface area contributed by atoms with Crippen molar-refractivity contribution in [2.24, 2.45) is 0 Å². The van der Waals surface area contributed by atoms with Gasteiger partial charge in [0.15, 0.2) is 0 Å². The SMILES string of the molecule is c1ccc([C@H]2C[C@@H]2NCc2cccnc2)cc1. The molecule has 2 nitrogen and oxygen atoms in total. The summed E-state index contributed by atoms with van der Waals surface area (Å²) in [6.45, 7) is 0.918. The van der Waals surface area contributed by atoms with Crippen LogP contribution in [0.4, 0.5) is 0 Å². The normalized spacial score (nSPS) is 22.4. The molecule has 2 atom stereocenters. The van der Waals surface area contributed by atoms with Crippen molar-refractivity contribution in [1.29, 1.82) is 0 Å². The van der Waals surface area contributed by atoms with Gasteiger partial charge in [-0.1, -0.05) is 36.4 Å². The van der Waals surface area contributed by atoms with Crippen LogP contribution in [0.25, 0.3) is 0 Å². The Balaban J connectivity index is 1.53. The molecule has 0 amide bonds. The Labute approximate surface area is 102 Å². The van der Waals surface area contributed by atoms with Crippen LogP contribution < -0.4 is 5.32 Å². The van der Waals surface area contributed by atoms with Gasteiger partial charge in [-0.15, -0.1) is 0 Å². The van der Waals surface area contributed by atoms with E-state index in [1.807, 2.05) is 18.5 Å². The second kappa shape index (κ2) is 4.68. The Morgan fingerprint density at radius 3 is 2.76 bits per heavy atom. The molecule has 2 aromatic rings. The molecule has 2 heteroatoms. The highest BCUT2D eigenvalue weighted by Gasteiger charge is 2.37. The summed E-state index contributed by atoms with van der Waals surface area (Å²) in [5.41, 5.74) is 2.71. The number of pyridine rings is 1. The molecule has 1 aliphatic carbocycles. The van der Waals surface area contributed by atoms with Crippen LogP contribution in [0, 0.1) is 0 Å². The van der Waals surface area contributed by atoms with Gasteiger partial charge in [-0.25, -0.2) is 0 Å². The van der Waals surface area contributed by atoms with Crippen molar-refractivity contribution in [3.05, 3.63) is 66.0 Å². The zero-order valence-corrected chi connectivity index (χ0v) is 9.71. The molecule has 1 heterocycles. The van der Waals surface area contributed by atoms with E-state index in [0.29, 0.717) is 12.0 Å². The number of hydrogen-bond acceptors (Lipinski definition) is 2. The fourth-order valence-corrected chi connectivity index (χ4v) is 2.24. The molecule has 0 bridgehead atoms. The molecule has 3 rings (SSSR count). The third-order valence-electron chi connectivity index (χ3n) is 3.31. The van der Waals surface area contributed by atoms with Crippen LogP contribution in [-0.4, -0.2) is 11.0 Å². The van der Waals surface area contributed by atoms with E-state index >= 15 is 0 Å². The highest BCUT2D eigenvalue weighted by molar-refractivity contribution is 5.27. The molecule has 1 aliphatic rings. The largest absolute Gasteiger partial charge is 0.309 e. The summed E-state index contributed by atoms with van der Waals surface area (Å²) in [5.74, 6) is 0.702. The number of benzene rings is 1. The zero-order valence-electron chi connectivity index (χ0n) is 9.71. The molecule has 0 saturated heterocycles. The van der Waals surface area contributed by atoms with E-state index in [9.17, 15) is 0 Å². The lowest BCUT2D eigenvalue weighted by molar-refractivity contribution is 0.671. The number of hydrogen-bond donors (Lipinski definition) is 1. The van der Waals surface area contributed by atoms with Crippen molar-refractivity contribution < 1.29 is 0 Å². The second-order valence-corrected chi connectivity index (χ2v) is 4.60. The van der Waals surface area contributed by atoms with Crippen molar-refractivity contribution in [2.75, 3.05) is 0 Å². The van der Waals surface area contributed by atoms with Crippen LogP contribution in [0.2, 0.25) is 0 Å². The van der Waals surface area contributed by atoms with Crippen molar-refractivity contribution in [3.63, 3.8) is 0 Å². The Bertz CT molecular complexity index is 467. The second-order valence-electron chi connectivity index (χ2n) is 4.60. The van der Waals surface area contributed by atoms with Gasteiger partial charge in [0.25, 0.3) is 0 Å². The fourth-order valence-electron chi connectivity index (χ4n) is 2.24. The smallest absolute Gasteiger partial charge is 0.0312 e. The van der Waals surface area contributed by atoms with Gasteiger partial charge in [0.05, 0.1) is 0 Å². The maximum absolute atomic E-state index is 4.12. The van der Waals surface area contributed by atoms with Crippen molar-refractivity contribution in [2.45, 2.75) is 24.9 Å². The number of aromatic nitrogens is 1. The quantitative estimate of drug-likeness (QED) is 0.863. The monoisotopic (exact) mass is 224 g/mol. The van der Waals surface area contributed by atoms with E-state index in [4.69, 9.17) is 0 Å². The van der Waals surface area contributed by atoms with E-state index < -0.39 is 0 Å². The van der Waals surface area contributed by atoms with Crippen LogP contribution in [-0.2, 0) is 6.54 Å². The molecule has 0 aliphatic heterocycles. The minimum atomic E-state index is 0.637. The van der Waals surface area contributed by atoms with E-state index in [1.165, 1.54) is 17.5 Å². The molecule has 0 radical (unpaired) electrons. The standard InChI is InChI=1S/C15H16N2/c1-2-6-13(7-3-1)14-9-15(14)17-11-12-5-4-8-16-10-12/h1-8,10,14-15,17H,9,11H2/t14-,15+/m1/s1. The lowest BCUT2D eigenvalue weighted by Crippen LogP contribution is -2.17. The molecule has 86 valence electrons. The molecule has 0 spiro atoms. The van der Waals surface area contributed by atoms with Gasteiger partial charge in [-0.2, -0.15) is 0 Å². The highest BCUT2D eigenvalue weighted by atomic mass is 15.0. The minimum absolute atomic E-state index is 0.637. The first-order valence-electron chi connectivity index (χ1n) is 6.11. The molecule has 1 N–H and O–H groups in total. The van der Waals surface area contributed by atoms with E-state index in [2.05, 4.69) is 46.7 Å². The molecule has 1 aromatic carbocycles. The predicted octanol–water partition coefficient (Wildman–Crippen LogP) is 2.73. The van der Waals surface area contributed by atoms with Crippen LogP contribution in [0.5, 0.6) is 0 Å². The number of rotatable bonds is 4. The Morgan fingerprint density at radius 1 is 1.12 bits per heavy atom. The maximum atomic E-state index is 4.12. The average Bonchev–Trinajstić information content (AvgIpc) is 3.18. The summed E-state index contributed by atoms with van der Waals surface area (Å²) < 4.78 is 0. The molecule has 1 fully saturated rings. The van der Waals surface area contributed by atoms with Gasteiger partial charge in [0, 0.05) is 30.9 Å². The van der Waals surface area contributed by atoms with Crippen molar-refractivity contribution in [1.82, 2.24) is 10.3 Å². The highest BCUT2D eigenvalue weighted by Crippen LogP contribution is 2.40. The molecule has 17 heavy (non-hydrogen) atoms. The molecular formula is C15H16N2. The Kier molecular flexibility index (Phi) is 2.88. The molecule has 0 unspecified atom stereocenters. The van der Waals surface area contributed by atoms with E-state index in [1.54, 1.807) is 0 Å². The van der Waals surface area contributed by atoms with Crippen LogP contribution in [0.3, 0.4) is 0 Å². The van der Waals surface area contributed by atoms with Gasteiger partial charge < -0.3 is 5.32 Å². The zero-order chi connectivity index (χ0) is 11.5. The Hall–Kier alpha value is -1.67. The van der Waals surface area contributed by atoms with Crippen molar-refractivity contribution in [3.8, 4) is 0 Å². The summed E-state index contributed by atoms with van der Waals surface area (Å²) in [5, 5.41) is 3.58. The van der Waals surface area contributed by atoms with Gasteiger partial charge >= 0.3 is 0 Å². The van der Waals surface area contributed by atoms with Crippen LogP contribution in [0.1, 0.15) is 23.5 Å². The van der Waals surface area contributed by atoms with Crippen LogP contribution >= 0.6 is 0 Å². The van der Waals surface area contributed by atoms with Crippen LogP contribution in [0.15, 0.2) is 54.9 Å². The summed E-state index contributed by atoms with van der Waals surface area (Å²) in [6.07, 6.45) is 4.99. The fraction of sp³-hybridized carbons (Fsp3) is 0.267. The summed E-state index contributed by atoms with van der Waals surface area (Å²) in [6, 6.07) is 15.5. The van der Waals surface area contributed by atoms with Gasteiger partial charge in [-0.05, 0) is 23.6 Å². The number of nitrogens with zero attached hydrogens (tertiary/aromatic N) is 1. The van der Waals surface area contributed by atoms with E-state index in [0.717, 1.165) is 6.54 Å². The summed E-state index contributed by atoms with van der Waals surface area (Å²) in [4.78, 5) is 4.12. The van der Waals surface area contributed by atoms with Gasteiger partial charge in [-0.3, -0.25) is 4.98 Å². The third kappa shape index (κ3) is 2.53. The number of nitrogens with one attached hydrogen (secondary N) is 1. The minimum Gasteiger partial charge on any atom is -0.309 e. The lowest BCUT2D eigenvalue weighted by Gasteiger charge is -2.04. The Morgan fingerprint density at radius 2 is 2.00 bits per heavy atom. The average molecular weight is 224 g/mol. The van der Waals surface area contributed by atoms with Gasteiger partial charge in [0.2, 0.25) is 0 Å². The first kappa shape index (κ1) is 10.5. The third-order valence-corrected chi connectivity index (χ3v) is 3.31. The topological polar surface area (TPSA) is 24.9 Å². The lowest BCUT2D eigenvalue weighted by atomic mass is 10.1. The maximum Gasteiger partial charge on any atom is 0.0312 e. The summed E-state index contributed by atoms with van der Waals surface area (Å²) >= 11 is 0. The predicted molar refractivity (Wildman–Crippen MR) is 68.7 cm³/mol. The first-order chi connectivity index (χ1) is 8.43. The summed E-state index contributed by atoms with van der Waals surface area (Å²) in [7, 11) is 0. The molecule has 1 aromatic heterocycles.